The van der Waals surface area contributed by atoms with Crippen molar-refractivity contribution in [2.75, 3.05) is 19.7 Å². The maximum Gasteiger partial charge on any atom is 0.275 e. The van der Waals surface area contributed by atoms with Gasteiger partial charge in [-0.1, -0.05) is 11.4 Å². The molecule has 1 aromatic heterocycles. The average molecular weight is 340 g/mol. The molecule has 1 fully saturated rings. The number of aromatic nitrogens is 2. The smallest absolute Gasteiger partial charge is 0.275 e. The van der Waals surface area contributed by atoms with Crippen molar-refractivity contribution >= 4 is 23.3 Å². The second-order valence-electron chi connectivity index (χ2n) is 6.40. The standard InChI is InChI=1S/C15H24N4O3S/c1-4-15(2,3)16-13(20)9-19(8-11-6-5-7-22-11)14(21)12-10-23-18-17-12/h10-11H,4-9H2,1-3H3,(H,16,20)/t11-/m0/s1. The first-order chi connectivity index (χ1) is 10.9. The Morgan fingerprint density at radius 3 is 2.87 bits per heavy atom. The molecule has 7 nitrogen and oxygen atoms in total. The minimum atomic E-state index is -0.294. The van der Waals surface area contributed by atoms with Crippen molar-refractivity contribution in [2.45, 2.75) is 51.7 Å². The van der Waals surface area contributed by atoms with Crippen LogP contribution in [0.25, 0.3) is 0 Å². The maximum absolute atomic E-state index is 12.6. The van der Waals surface area contributed by atoms with Crippen LogP contribution in [0.1, 0.15) is 50.5 Å². The zero-order valence-corrected chi connectivity index (χ0v) is 14.7. The van der Waals surface area contributed by atoms with Gasteiger partial charge >= 0.3 is 0 Å². The van der Waals surface area contributed by atoms with Gasteiger partial charge in [-0.15, -0.1) is 5.10 Å². The lowest BCUT2D eigenvalue weighted by atomic mass is 10.0. The van der Waals surface area contributed by atoms with Crippen LogP contribution in [0, 0.1) is 0 Å². The molecule has 1 saturated heterocycles. The summed E-state index contributed by atoms with van der Waals surface area (Å²) in [6.45, 7) is 7.04. The lowest BCUT2D eigenvalue weighted by Gasteiger charge is -2.28. The number of carbonyl (C=O) groups is 2. The van der Waals surface area contributed by atoms with Crippen LogP contribution >= 0.6 is 11.5 Å². The van der Waals surface area contributed by atoms with E-state index >= 15 is 0 Å². The number of rotatable bonds is 7. The molecular weight excluding hydrogens is 316 g/mol. The number of hydrogen-bond donors (Lipinski definition) is 1. The van der Waals surface area contributed by atoms with Crippen molar-refractivity contribution < 1.29 is 14.3 Å². The van der Waals surface area contributed by atoms with Crippen molar-refractivity contribution in [3.05, 3.63) is 11.1 Å². The largest absolute Gasteiger partial charge is 0.376 e. The number of nitrogens with one attached hydrogen (secondary N) is 1. The molecule has 1 atom stereocenters. The molecule has 1 N–H and O–H groups in total. The van der Waals surface area contributed by atoms with Crippen molar-refractivity contribution in [3.8, 4) is 0 Å². The van der Waals surface area contributed by atoms with E-state index in [1.165, 1.54) is 4.90 Å². The minimum Gasteiger partial charge on any atom is -0.376 e. The fourth-order valence-corrected chi connectivity index (χ4v) is 2.78. The van der Waals surface area contributed by atoms with Gasteiger partial charge < -0.3 is 15.0 Å². The van der Waals surface area contributed by atoms with Crippen LogP contribution in [0.4, 0.5) is 0 Å². The van der Waals surface area contributed by atoms with E-state index in [1.54, 1.807) is 5.38 Å². The van der Waals surface area contributed by atoms with Crippen LogP contribution in [0.3, 0.4) is 0 Å². The number of amides is 2. The second kappa shape index (κ2) is 7.83. The third-order valence-corrected chi connectivity index (χ3v) is 4.52. The fraction of sp³-hybridized carbons (Fsp3) is 0.733. The predicted octanol–water partition coefficient (Wildman–Crippen LogP) is 1.46. The normalized spacial score (nSPS) is 18.0. The van der Waals surface area contributed by atoms with Gasteiger partial charge in [0.2, 0.25) is 5.91 Å². The van der Waals surface area contributed by atoms with E-state index < -0.39 is 0 Å². The first kappa shape index (κ1) is 17.8. The molecule has 0 radical (unpaired) electrons. The van der Waals surface area contributed by atoms with Crippen molar-refractivity contribution in [3.63, 3.8) is 0 Å². The maximum atomic E-state index is 12.6. The third kappa shape index (κ3) is 5.24. The molecule has 0 bridgehead atoms. The Morgan fingerprint density at radius 2 is 2.30 bits per heavy atom. The number of hydrogen-bond acceptors (Lipinski definition) is 6. The van der Waals surface area contributed by atoms with Crippen LogP contribution in [0.5, 0.6) is 0 Å². The highest BCUT2D eigenvalue weighted by molar-refractivity contribution is 7.03. The van der Waals surface area contributed by atoms with Crippen LogP contribution in [-0.4, -0.2) is 57.6 Å². The van der Waals surface area contributed by atoms with Crippen molar-refractivity contribution in [1.29, 1.82) is 0 Å². The summed E-state index contributed by atoms with van der Waals surface area (Å²) >= 11 is 1.12. The van der Waals surface area contributed by atoms with Gasteiger partial charge in [-0.2, -0.15) is 0 Å². The van der Waals surface area contributed by atoms with Crippen molar-refractivity contribution in [1.82, 2.24) is 19.8 Å². The zero-order valence-electron chi connectivity index (χ0n) is 13.9. The van der Waals surface area contributed by atoms with E-state index in [0.29, 0.717) is 13.2 Å². The Balaban J connectivity index is 2.03. The van der Waals surface area contributed by atoms with Gasteiger partial charge in [0.15, 0.2) is 5.69 Å². The highest BCUT2D eigenvalue weighted by Gasteiger charge is 2.27. The zero-order chi connectivity index (χ0) is 16.9. The summed E-state index contributed by atoms with van der Waals surface area (Å²) in [4.78, 5) is 26.4. The van der Waals surface area contributed by atoms with Crippen LogP contribution < -0.4 is 5.32 Å². The summed E-state index contributed by atoms with van der Waals surface area (Å²) in [5.74, 6) is -0.454. The highest BCUT2D eigenvalue weighted by atomic mass is 32.1. The van der Waals surface area contributed by atoms with Gasteiger partial charge in [-0.3, -0.25) is 9.59 Å². The molecule has 1 aliphatic heterocycles. The number of ether oxygens (including phenoxy) is 1. The van der Waals surface area contributed by atoms with Gasteiger partial charge in [0.1, 0.15) is 6.54 Å². The minimum absolute atomic E-state index is 0.000347. The van der Waals surface area contributed by atoms with Crippen LogP contribution in [0.2, 0.25) is 0 Å². The quantitative estimate of drug-likeness (QED) is 0.812. The Bertz CT molecular complexity index is 527. The summed E-state index contributed by atoms with van der Waals surface area (Å²) in [6, 6.07) is 0. The predicted molar refractivity (Wildman–Crippen MR) is 87.3 cm³/mol. The first-order valence-corrected chi connectivity index (χ1v) is 8.74. The third-order valence-electron chi connectivity index (χ3n) is 4.01. The SMILES string of the molecule is CCC(C)(C)NC(=O)CN(C[C@@H]1CCCO1)C(=O)c1csnn1. The van der Waals surface area contributed by atoms with Crippen LogP contribution in [-0.2, 0) is 9.53 Å². The van der Waals surface area contributed by atoms with Crippen molar-refractivity contribution in [2.24, 2.45) is 0 Å². The summed E-state index contributed by atoms with van der Waals surface area (Å²) in [7, 11) is 0. The second-order valence-corrected chi connectivity index (χ2v) is 7.01. The van der Waals surface area contributed by atoms with Gasteiger partial charge in [0.25, 0.3) is 5.91 Å². The van der Waals surface area contributed by atoms with E-state index in [2.05, 4.69) is 14.9 Å². The molecule has 8 heteroatoms. The highest BCUT2D eigenvalue weighted by Crippen LogP contribution is 2.15. The molecule has 1 aromatic rings. The van der Waals surface area contributed by atoms with Gasteiger partial charge in [0, 0.05) is 24.1 Å². The van der Waals surface area contributed by atoms with E-state index in [0.717, 1.165) is 30.8 Å². The van der Waals surface area contributed by atoms with E-state index in [-0.39, 0.29) is 35.7 Å². The van der Waals surface area contributed by atoms with E-state index in [9.17, 15) is 9.59 Å². The van der Waals surface area contributed by atoms with E-state index in [4.69, 9.17) is 4.74 Å². The molecule has 0 aromatic carbocycles. The molecule has 0 spiro atoms. The lowest BCUT2D eigenvalue weighted by Crippen LogP contribution is -2.49. The average Bonchev–Trinajstić information content (AvgIpc) is 3.18. The van der Waals surface area contributed by atoms with E-state index in [1.807, 2.05) is 20.8 Å². The Morgan fingerprint density at radius 1 is 1.52 bits per heavy atom. The molecule has 2 amide bonds. The topological polar surface area (TPSA) is 84.4 Å². The lowest BCUT2D eigenvalue weighted by molar-refractivity contribution is -0.123. The molecule has 128 valence electrons. The summed E-state index contributed by atoms with van der Waals surface area (Å²) in [5, 5.41) is 8.36. The summed E-state index contributed by atoms with van der Waals surface area (Å²) in [6.07, 6.45) is 2.69. The Hall–Kier alpha value is -1.54. The van der Waals surface area contributed by atoms with Gasteiger partial charge in [-0.25, -0.2) is 0 Å². The summed E-state index contributed by atoms with van der Waals surface area (Å²) in [5.41, 5.74) is -0.0201. The molecular formula is C15H24N4O3S. The Labute approximate surface area is 140 Å². The molecule has 0 aliphatic carbocycles. The molecule has 0 unspecified atom stereocenters. The fourth-order valence-electron chi connectivity index (χ4n) is 2.35. The monoisotopic (exact) mass is 340 g/mol. The first-order valence-electron chi connectivity index (χ1n) is 7.90. The molecule has 23 heavy (non-hydrogen) atoms. The number of nitrogens with zero attached hydrogens (tertiary/aromatic N) is 3. The number of carbonyl (C=O) groups excluding carboxylic acids is 2. The molecule has 1 aliphatic rings. The molecule has 2 rings (SSSR count). The summed E-state index contributed by atoms with van der Waals surface area (Å²) < 4.78 is 9.32. The van der Waals surface area contributed by atoms with Crippen LogP contribution in [0.15, 0.2) is 5.38 Å². The Kier molecular flexibility index (Phi) is 6.06. The molecule has 0 saturated carbocycles. The van der Waals surface area contributed by atoms with Gasteiger partial charge in [0.05, 0.1) is 6.10 Å². The van der Waals surface area contributed by atoms with Gasteiger partial charge in [-0.05, 0) is 44.6 Å². The molecule has 2 heterocycles.